The molecule has 13 heavy (non-hydrogen) atoms. The van der Waals surface area contributed by atoms with E-state index >= 15 is 0 Å². The van der Waals surface area contributed by atoms with Gasteiger partial charge in [0.2, 0.25) is 0 Å². The first-order valence-corrected chi connectivity index (χ1v) is 3.64. The molecular weight excluding hydrogens is 195 g/mol. The summed E-state index contributed by atoms with van der Waals surface area (Å²) < 4.78 is 12.5. The Morgan fingerprint density at radius 1 is 1.62 bits per heavy atom. The van der Waals surface area contributed by atoms with E-state index in [1.54, 1.807) is 6.07 Å². The molecule has 0 bridgehead atoms. The molecule has 3 nitrogen and oxygen atoms in total. The molecule has 0 radical (unpaired) electrons. The summed E-state index contributed by atoms with van der Waals surface area (Å²) in [6.45, 7) is 0. The lowest BCUT2D eigenvalue weighted by Crippen LogP contribution is -1.98. The maximum Gasteiger partial charge on any atom is 0.188 e. The number of rotatable bonds is 1. The van der Waals surface area contributed by atoms with Crippen molar-refractivity contribution in [2.24, 2.45) is 5.16 Å². The van der Waals surface area contributed by atoms with Crippen LogP contribution in [0.4, 0.5) is 4.39 Å². The highest BCUT2D eigenvalue weighted by Crippen LogP contribution is 2.17. The number of nitriles is 1. The summed E-state index contributed by atoms with van der Waals surface area (Å²) in [5.74, 6) is -0.510. The standard InChI is InChI=1S/C8H4ClFN2O/c9-7-3-5(10)1-2-6(7)8(4-11)12-13/h1-3,13H. The van der Waals surface area contributed by atoms with E-state index in [2.05, 4.69) is 5.16 Å². The summed E-state index contributed by atoms with van der Waals surface area (Å²) in [6.07, 6.45) is 0. The van der Waals surface area contributed by atoms with Gasteiger partial charge in [0.1, 0.15) is 11.9 Å². The molecule has 1 N–H and O–H groups in total. The van der Waals surface area contributed by atoms with E-state index in [1.807, 2.05) is 0 Å². The number of benzene rings is 1. The van der Waals surface area contributed by atoms with Crippen molar-refractivity contribution in [1.82, 2.24) is 0 Å². The van der Waals surface area contributed by atoms with E-state index in [0.717, 1.165) is 12.1 Å². The van der Waals surface area contributed by atoms with Gasteiger partial charge < -0.3 is 5.21 Å². The third-order valence-corrected chi connectivity index (χ3v) is 1.70. The van der Waals surface area contributed by atoms with Gasteiger partial charge in [-0.3, -0.25) is 0 Å². The molecule has 0 aliphatic rings. The Morgan fingerprint density at radius 2 is 2.31 bits per heavy atom. The molecule has 0 spiro atoms. The van der Waals surface area contributed by atoms with Crippen LogP contribution in [0.1, 0.15) is 5.56 Å². The molecule has 0 heterocycles. The number of oxime groups is 1. The van der Waals surface area contributed by atoms with Crippen LogP contribution in [0.5, 0.6) is 0 Å². The van der Waals surface area contributed by atoms with Gasteiger partial charge in [0.25, 0.3) is 0 Å². The highest BCUT2D eigenvalue weighted by atomic mass is 35.5. The molecule has 1 aromatic carbocycles. The highest BCUT2D eigenvalue weighted by molar-refractivity contribution is 6.35. The van der Waals surface area contributed by atoms with Crippen LogP contribution in [0.25, 0.3) is 0 Å². The quantitative estimate of drug-likeness (QED) is 0.427. The first kappa shape index (κ1) is 9.49. The molecule has 1 rings (SSSR count). The molecule has 0 amide bonds. The predicted molar refractivity (Wildman–Crippen MR) is 45.3 cm³/mol. The van der Waals surface area contributed by atoms with E-state index in [4.69, 9.17) is 22.1 Å². The Morgan fingerprint density at radius 3 is 2.77 bits per heavy atom. The van der Waals surface area contributed by atoms with Crippen LogP contribution in [-0.4, -0.2) is 10.9 Å². The molecule has 0 atom stereocenters. The van der Waals surface area contributed by atoms with Gasteiger partial charge in [0.15, 0.2) is 5.71 Å². The van der Waals surface area contributed by atoms with E-state index in [9.17, 15) is 4.39 Å². The third-order valence-electron chi connectivity index (χ3n) is 1.39. The van der Waals surface area contributed by atoms with Gasteiger partial charge in [-0.05, 0) is 18.2 Å². The molecule has 0 unspecified atom stereocenters. The second kappa shape index (κ2) is 3.87. The third kappa shape index (κ3) is 1.95. The zero-order valence-corrected chi connectivity index (χ0v) is 7.09. The highest BCUT2D eigenvalue weighted by Gasteiger charge is 2.08. The van der Waals surface area contributed by atoms with Crippen molar-refractivity contribution >= 4 is 17.3 Å². The van der Waals surface area contributed by atoms with Gasteiger partial charge in [0, 0.05) is 5.56 Å². The molecule has 5 heteroatoms. The van der Waals surface area contributed by atoms with Crippen molar-refractivity contribution in [3.05, 3.63) is 34.6 Å². The number of nitrogens with zero attached hydrogens (tertiary/aromatic N) is 2. The SMILES string of the molecule is N#CC(=NO)c1ccc(F)cc1Cl. The minimum atomic E-state index is -0.510. The largest absolute Gasteiger partial charge is 0.410 e. The summed E-state index contributed by atoms with van der Waals surface area (Å²) in [4.78, 5) is 0. The predicted octanol–water partition coefficient (Wildman–Crippen LogP) is 2.18. The minimum Gasteiger partial charge on any atom is -0.410 e. The summed E-state index contributed by atoms with van der Waals surface area (Å²) in [5.41, 5.74) is -0.0435. The lowest BCUT2D eigenvalue weighted by molar-refractivity contribution is 0.320. The number of hydrogen-bond donors (Lipinski definition) is 1. The van der Waals surface area contributed by atoms with E-state index in [0.29, 0.717) is 0 Å². The first-order valence-electron chi connectivity index (χ1n) is 3.26. The Balaban J connectivity index is 3.25. The van der Waals surface area contributed by atoms with Crippen molar-refractivity contribution in [2.75, 3.05) is 0 Å². The van der Waals surface area contributed by atoms with Crippen LogP contribution in [0.15, 0.2) is 23.4 Å². The molecule has 0 saturated carbocycles. The molecule has 1 aromatic rings. The molecule has 0 aliphatic carbocycles. The van der Waals surface area contributed by atoms with Gasteiger partial charge in [-0.15, -0.1) is 0 Å². The maximum absolute atomic E-state index is 12.5. The number of halogens is 2. The smallest absolute Gasteiger partial charge is 0.188 e. The van der Waals surface area contributed by atoms with Crippen LogP contribution in [-0.2, 0) is 0 Å². The molecule has 0 fully saturated rings. The molecule has 0 saturated heterocycles. The normalized spacial score (nSPS) is 11.0. The minimum absolute atomic E-state index is 0.0364. The van der Waals surface area contributed by atoms with Gasteiger partial charge >= 0.3 is 0 Å². The van der Waals surface area contributed by atoms with Gasteiger partial charge in [-0.2, -0.15) is 5.26 Å². The Bertz CT molecular complexity index is 398. The van der Waals surface area contributed by atoms with Crippen LogP contribution in [0, 0.1) is 17.1 Å². The summed E-state index contributed by atoms with van der Waals surface area (Å²) >= 11 is 5.60. The number of hydrogen-bond acceptors (Lipinski definition) is 3. The van der Waals surface area contributed by atoms with Crippen molar-refractivity contribution in [3.63, 3.8) is 0 Å². The van der Waals surface area contributed by atoms with Crippen LogP contribution >= 0.6 is 11.6 Å². The summed E-state index contributed by atoms with van der Waals surface area (Å²) in [5, 5.41) is 19.6. The van der Waals surface area contributed by atoms with Gasteiger partial charge in [-0.1, -0.05) is 16.8 Å². The van der Waals surface area contributed by atoms with Crippen molar-refractivity contribution < 1.29 is 9.60 Å². The van der Waals surface area contributed by atoms with Gasteiger partial charge in [0.05, 0.1) is 5.02 Å². The fourth-order valence-electron chi connectivity index (χ4n) is 0.818. The van der Waals surface area contributed by atoms with E-state index in [1.165, 1.54) is 6.07 Å². The molecule has 0 aliphatic heterocycles. The second-order valence-corrected chi connectivity index (χ2v) is 2.59. The molecular formula is C8H4ClFN2O. The maximum atomic E-state index is 12.5. The van der Waals surface area contributed by atoms with Crippen LogP contribution in [0.3, 0.4) is 0 Å². The fraction of sp³-hybridized carbons (Fsp3) is 0. The lowest BCUT2D eigenvalue weighted by Gasteiger charge is -1.98. The van der Waals surface area contributed by atoms with Crippen LogP contribution < -0.4 is 0 Å². The van der Waals surface area contributed by atoms with Crippen LogP contribution in [0.2, 0.25) is 5.02 Å². The molecule has 0 aromatic heterocycles. The fourth-order valence-corrected chi connectivity index (χ4v) is 1.07. The topological polar surface area (TPSA) is 56.4 Å². The van der Waals surface area contributed by atoms with E-state index in [-0.39, 0.29) is 16.3 Å². The average Bonchev–Trinajstić information content (AvgIpc) is 2.10. The summed E-state index contributed by atoms with van der Waals surface area (Å²) in [7, 11) is 0. The monoisotopic (exact) mass is 198 g/mol. The lowest BCUT2D eigenvalue weighted by atomic mass is 10.1. The first-order chi connectivity index (χ1) is 6.19. The van der Waals surface area contributed by atoms with Gasteiger partial charge in [-0.25, -0.2) is 4.39 Å². The Labute approximate surface area is 78.7 Å². The Hall–Kier alpha value is -1.60. The zero-order valence-electron chi connectivity index (χ0n) is 6.33. The summed E-state index contributed by atoms with van der Waals surface area (Å²) in [6, 6.07) is 5.06. The Kier molecular flexibility index (Phi) is 2.83. The average molecular weight is 199 g/mol. The van der Waals surface area contributed by atoms with Crippen molar-refractivity contribution in [2.45, 2.75) is 0 Å². The second-order valence-electron chi connectivity index (χ2n) is 2.18. The molecule has 66 valence electrons. The zero-order chi connectivity index (χ0) is 9.84. The van der Waals surface area contributed by atoms with Crippen molar-refractivity contribution in [1.29, 1.82) is 5.26 Å². The van der Waals surface area contributed by atoms with E-state index < -0.39 is 5.82 Å². The van der Waals surface area contributed by atoms with Crippen molar-refractivity contribution in [3.8, 4) is 6.07 Å².